The van der Waals surface area contributed by atoms with Gasteiger partial charge in [0.25, 0.3) is 11.5 Å². The highest BCUT2D eigenvalue weighted by atomic mass is 16.2. The molecule has 0 bridgehead atoms. The molecule has 0 aliphatic heterocycles. The summed E-state index contributed by atoms with van der Waals surface area (Å²) in [6.45, 7) is 0.453. The lowest BCUT2D eigenvalue weighted by atomic mass is 10.1. The third-order valence-electron chi connectivity index (χ3n) is 3.43. The zero-order valence-corrected chi connectivity index (χ0v) is 11.6. The quantitative estimate of drug-likeness (QED) is 0.768. The second kappa shape index (κ2) is 5.28. The Balaban J connectivity index is 1.90. The van der Waals surface area contributed by atoms with Crippen molar-refractivity contribution in [3.05, 3.63) is 70.3 Å². The van der Waals surface area contributed by atoms with Gasteiger partial charge in [0.1, 0.15) is 5.52 Å². The number of H-pyrrole nitrogens is 1. The maximum atomic E-state index is 12.4. The van der Waals surface area contributed by atoms with Crippen LogP contribution in [-0.4, -0.2) is 15.5 Å². The Labute approximate surface area is 121 Å². The van der Waals surface area contributed by atoms with Crippen molar-refractivity contribution in [2.24, 2.45) is 7.05 Å². The zero-order valence-electron chi connectivity index (χ0n) is 11.6. The number of carbonyl (C=O) groups excluding carboxylic acids is 1. The first-order valence-electron chi connectivity index (χ1n) is 6.65. The highest BCUT2D eigenvalue weighted by Gasteiger charge is 2.14. The van der Waals surface area contributed by atoms with E-state index in [1.54, 1.807) is 25.5 Å². The Morgan fingerprint density at radius 3 is 2.76 bits per heavy atom. The van der Waals surface area contributed by atoms with E-state index < -0.39 is 0 Å². The van der Waals surface area contributed by atoms with Gasteiger partial charge in [0.15, 0.2) is 0 Å². The molecule has 21 heavy (non-hydrogen) atoms. The van der Waals surface area contributed by atoms with E-state index in [9.17, 15) is 9.59 Å². The van der Waals surface area contributed by atoms with Crippen molar-refractivity contribution in [1.29, 1.82) is 0 Å². The van der Waals surface area contributed by atoms with Crippen molar-refractivity contribution in [3.63, 3.8) is 0 Å². The summed E-state index contributed by atoms with van der Waals surface area (Å²) in [7, 11) is 1.64. The van der Waals surface area contributed by atoms with Gasteiger partial charge in [-0.2, -0.15) is 0 Å². The molecule has 0 aliphatic rings. The molecule has 3 aromatic rings. The Hall–Kier alpha value is -2.82. The van der Waals surface area contributed by atoms with Crippen LogP contribution in [0.5, 0.6) is 0 Å². The van der Waals surface area contributed by atoms with Gasteiger partial charge in [-0.05, 0) is 11.6 Å². The SMILES string of the molecule is Cn1cc(C(=O)NCc2ccccc2)c2cc[nH]c2c1=O. The maximum Gasteiger partial charge on any atom is 0.274 e. The molecule has 0 unspecified atom stereocenters. The first-order valence-corrected chi connectivity index (χ1v) is 6.65. The summed E-state index contributed by atoms with van der Waals surface area (Å²) >= 11 is 0. The van der Waals surface area contributed by atoms with Gasteiger partial charge in [0.05, 0.1) is 5.56 Å². The number of hydrogen-bond acceptors (Lipinski definition) is 2. The number of aromatic amines is 1. The van der Waals surface area contributed by atoms with Crippen molar-refractivity contribution in [2.45, 2.75) is 6.54 Å². The Morgan fingerprint density at radius 1 is 1.24 bits per heavy atom. The molecule has 1 amide bonds. The average molecular weight is 281 g/mol. The van der Waals surface area contributed by atoms with E-state index in [1.807, 2.05) is 30.3 Å². The number of pyridine rings is 1. The van der Waals surface area contributed by atoms with E-state index in [0.29, 0.717) is 23.0 Å². The number of rotatable bonds is 3. The van der Waals surface area contributed by atoms with Gasteiger partial charge in [-0.25, -0.2) is 0 Å². The average Bonchev–Trinajstić information content (AvgIpc) is 2.99. The highest BCUT2D eigenvalue weighted by molar-refractivity contribution is 6.05. The minimum atomic E-state index is -0.195. The number of amides is 1. The summed E-state index contributed by atoms with van der Waals surface area (Å²) in [6, 6.07) is 11.4. The molecular weight excluding hydrogens is 266 g/mol. The summed E-state index contributed by atoms with van der Waals surface area (Å²) < 4.78 is 1.41. The van der Waals surface area contributed by atoms with Gasteiger partial charge >= 0.3 is 0 Å². The lowest BCUT2D eigenvalue weighted by Crippen LogP contribution is -2.26. The fourth-order valence-electron chi connectivity index (χ4n) is 2.32. The predicted molar refractivity (Wildman–Crippen MR) is 81.2 cm³/mol. The van der Waals surface area contributed by atoms with Gasteiger partial charge < -0.3 is 14.9 Å². The first kappa shape index (κ1) is 13.2. The van der Waals surface area contributed by atoms with Gasteiger partial charge in [-0.15, -0.1) is 0 Å². The number of aromatic nitrogens is 2. The maximum absolute atomic E-state index is 12.4. The van der Waals surface area contributed by atoms with Gasteiger partial charge in [0, 0.05) is 31.4 Å². The van der Waals surface area contributed by atoms with Crippen molar-refractivity contribution in [1.82, 2.24) is 14.9 Å². The monoisotopic (exact) mass is 281 g/mol. The first-order chi connectivity index (χ1) is 10.2. The van der Waals surface area contributed by atoms with E-state index in [1.165, 1.54) is 4.57 Å². The standard InChI is InChI=1S/C16H15N3O2/c1-19-10-13(12-7-8-17-14(12)16(19)21)15(20)18-9-11-5-3-2-4-6-11/h2-8,10,17H,9H2,1H3,(H,18,20). The van der Waals surface area contributed by atoms with Crippen LogP contribution >= 0.6 is 0 Å². The molecule has 106 valence electrons. The van der Waals surface area contributed by atoms with E-state index in [4.69, 9.17) is 0 Å². The summed E-state index contributed by atoms with van der Waals surface area (Å²) in [5.74, 6) is -0.195. The van der Waals surface area contributed by atoms with Crippen LogP contribution in [0.1, 0.15) is 15.9 Å². The number of benzene rings is 1. The molecule has 0 aliphatic carbocycles. The number of aryl methyl sites for hydroxylation is 1. The normalized spacial score (nSPS) is 10.7. The minimum Gasteiger partial charge on any atom is -0.357 e. The minimum absolute atomic E-state index is 0.144. The van der Waals surface area contributed by atoms with Crippen LogP contribution in [-0.2, 0) is 13.6 Å². The highest BCUT2D eigenvalue weighted by Crippen LogP contribution is 2.14. The number of nitrogens with zero attached hydrogens (tertiary/aromatic N) is 1. The van der Waals surface area contributed by atoms with Crippen molar-refractivity contribution >= 4 is 16.8 Å². The summed E-state index contributed by atoms with van der Waals surface area (Å²) in [4.78, 5) is 27.2. The van der Waals surface area contributed by atoms with Crippen LogP contribution in [0.25, 0.3) is 10.9 Å². The molecule has 0 spiro atoms. The molecule has 0 fully saturated rings. The van der Waals surface area contributed by atoms with Crippen LogP contribution in [0.4, 0.5) is 0 Å². The van der Waals surface area contributed by atoms with E-state index >= 15 is 0 Å². The van der Waals surface area contributed by atoms with Crippen molar-refractivity contribution in [2.75, 3.05) is 0 Å². The van der Waals surface area contributed by atoms with E-state index in [2.05, 4.69) is 10.3 Å². The number of carbonyl (C=O) groups is 1. The van der Waals surface area contributed by atoms with E-state index in [0.717, 1.165) is 5.56 Å². The fraction of sp³-hybridized carbons (Fsp3) is 0.125. The summed E-state index contributed by atoms with van der Waals surface area (Å²) in [6.07, 6.45) is 3.23. The molecule has 0 atom stereocenters. The van der Waals surface area contributed by atoms with Crippen LogP contribution in [0.2, 0.25) is 0 Å². The second-order valence-electron chi connectivity index (χ2n) is 4.89. The Kier molecular flexibility index (Phi) is 3.31. The number of hydrogen-bond donors (Lipinski definition) is 2. The third-order valence-corrected chi connectivity index (χ3v) is 3.43. The molecule has 0 saturated carbocycles. The molecule has 5 nitrogen and oxygen atoms in total. The summed E-state index contributed by atoms with van der Waals surface area (Å²) in [5, 5.41) is 3.52. The Bertz CT molecular complexity index is 847. The van der Waals surface area contributed by atoms with Gasteiger partial charge in [-0.1, -0.05) is 30.3 Å². The number of fused-ring (bicyclic) bond motifs is 1. The molecule has 2 N–H and O–H groups in total. The molecule has 2 aromatic heterocycles. The van der Waals surface area contributed by atoms with Gasteiger partial charge in [-0.3, -0.25) is 9.59 Å². The zero-order chi connectivity index (χ0) is 14.8. The molecule has 0 saturated heterocycles. The van der Waals surface area contributed by atoms with Crippen LogP contribution in [0.3, 0.4) is 0 Å². The smallest absolute Gasteiger partial charge is 0.274 e. The van der Waals surface area contributed by atoms with Crippen LogP contribution in [0.15, 0.2) is 53.6 Å². The van der Waals surface area contributed by atoms with Crippen LogP contribution in [0, 0.1) is 0 Å². The fourth-order valence-corrected chi connectivity index (χ4v) is 2.32. The topological polar surface area (TPSA) is 66.9 Å². The lowest BCUT2D eigenvalue weighted by Gasteiger charge is -2.08. The van der Waals surface area contributed by atoms with E-state index in [-0.39, 0.29) is 11.5 Å². The molecule has 1 aromatic carbocycles. The van der Waals surface area contributed by atoms with Gasteiger partial charge in [0.2, 0.25) is 0 Å². The third kappa shape index (κ3) is 2.45. The molecule has 5 heteroatoms. The molecule has 3 rings (SSSR count). The second-order valence-corrected chi connectivity index (χ2v) is 4.89. The van der Waals surface area contributed by atoms with Crippen LogP contribution < -0.4 is 10.9 Å². The van der Waals surface area contributed by atoms with Crippen molar-refractivity contribution < 1.29 is 4.79 Å². The molecule has 2 heterocycles. The van der Waals surface area contributed by atoms with Crippen molar-refractivity contribution in [3.8, 4) is 0 Å². The Morgan fingerprint density at radius 2 is 2.00 bits per heavy atom. The summed E-state index contributed by atoms with van der Waals surface area (Å²) in [5.41, 5.74) is 1.82. The number of nitrogens with one attached hydrogen (secondary N) is 2. The largest absolute Gasteiger partial charge is 0.357 e. The molecule has 0 radical (unpaired) electrons. The predicted octanol–water partition coefficient (Wildman–Crippen LogP) is 1.80. The molecular formula is C16H15N3O2. The lowest BCUT2D eigenvalue weighted by molar-refractivity contribution is 0.0952.